The first-order valence-corrected chi connectivity index (χ1v) is 5.75. The molecule has 100 valence electrons. The highest BCUT2D eigenvalue weighted by molar-refractivity contribution is 5.62. The molecule has 0 aliphatic heterocycles. The molecule has 0 radical (unpaired) electrons. The predicted octanol–water partition coefficient (Wildman–Crippen LogP) is 1.65. The number of hydrogen-bond donors (Lipinski definition) is 1. The zero-order valence-electron chi connectivity index (χ0n) is 10.8. The highest BCUT2D eigenvalue weighted by Crippen LogP contribution is 2.25. The largest absolute Gasteiger partial charge is 0.393 e. The van der Waals surface area contributed by atoms with Gasteiger partial charge in [-0.2, -0.15) is 0 Å². The van der Waals surface area contributed by atoms with Crippen LogP contribution in [0.15, 0.2) is 18.2 Å². The summed E-state index contributed by atoms with van der Waals surface area (Å²) in [6, 6.07) is 4.89. The van der Waals surface area contributed by atoms with E-state index in [2.05, 4.69) is 4.90 Å². The summed E-state index contributed by atoms with van der Waals surface area (Å²) in [4.78, 5) is 12.4. The Morgan fingerprint density at radius 2 is 2.22 bits per heavy atom. The SMILES string of the molecule is COCCCN(C)Cc1cccc([N+](=O)[O-])c1N. The second-order valence-electron chi connectivity index (χ2n) is 4.19. The smallest absolute Gasteiger partial charge is 0.292 e. The molecule has 0 saturated heterocycles. The van der Waals surface area contributed by atoms with Gasteiger partial charge in [-0.15, -0.1) is 0 Å². The lowest BCUT2D eigenvalue weighted by atomic mass is 10.1. The minimum absolute atomic E-state index is 0.0298. The van der Waals surface area contributed by atoms with Gasteiger partial charge in [0, 0.05) is 32.9 Å². The number of nitrogen functional groups attached to an aromatic ring is 1. The van der Waals surface area contributed by atoms with Gasteiger partial charge >= 0.3 is 0 Å². The number of nitrogens with zero attached hydrogens (tertiary/aromatic N) is 2. The summed E-state index contributed by atoms with van der Waals surface area (Å²) in [6.07, 6.45) is 0.918. The molecule has 0 spiro atoms. The number of nitrogens with two attached hydrogens (primary N) is 1. The Labute approximate surface area is 106 Å². The maximum Gasteiger partial charge on any atom is 0.292 e. The number of anilines is 1. The zero-order valence-corrected chi connectivity index (χ0v) is 10.8. The van der Waals surface area contributed by atoms with E-state index in [1.54, 1.807) is 13.2 Å². The Bertz CT molecular complexity index is 410. The van der Waals surface area contributed by atoms with Crippen LogP contribution < -0.4 is 5.73 Å². The summed E-state index contributed by atoms with van der Waals surface area (Å²) >= 11 is 0. The molecule has 0 aromatic heterocycles. The quantitative estimate of drug-likeness (QED) is 0.346. The Balaban J connectivity index is 2.67. The maximum atomic E-state index is 10.8. The van der Waals surface area contributed by atoms with Crippen molar-refractivity contribution >= 4 is 11.4 Å². The first-order valence-electron chi connectivity index (χ1n) is 5.75. The van der Waals surface area contributed by atoms with Gasteiger partial charge < -0.3 is 15.4 Å². The van der Waals surface area contributed by atoms with Crippen molar-refractivity contribution < 1.29 is 9.66 Å². The lowest BCUT2D eigenvalue weighted by molar-refractivity contribution is -0.384. The highest BCUT2D eigenvalue weighted by atomic mass is 16.6. The van der Waals surface area contributed by atoms with Crippen LogP contribution in [0.1, 0.15) is 12.0 Å². The fourth-order valence-electron chi connectivity index (χ4n) is 1.75. The van der Waals surface area contributed by atoms with E-state index < -0.39 is 4.92 Å². The maximum absolute atomic E-state index is 10.8. The molecule has 0 amide bonds. The van der Waals surface area contributed by atoms with Gasteiger partial charge in [-0.1, -0.05) is 12.1 Å². The monoisotopic (exact) mass is 253 g/mol. The van der Waals surface area contributed by atoms with Crippen LogP contribution in [0, 0.1) is 10.1 Å². The fraction of sp³-hybridized carbons (Fsp3) is 0.500. The molecule has 0 aliphatic rings. The van der Waals surface area contributed by atoms with Gasteiger partial charge in [0.15, 0.2) is 0 Å². The number of hydrogen-bond acceptors (Lipinski definition) is 5. The third kappa shape index (κ3) is 3.97. The van der Waals surface area contributed by atoms with Gasteiger partial charge in [-0.25, -0.2) is 0 Å². The molecule has 0 unspecified atom stereocenters. The van der Waals surface area contributed by atoms with Gasteiger partial charge in [0.2, 0.25) is 0 Å². The Kier molecular flexibility index (Phi) is 5.54. The van der Waals surface area contributed by atoms with Crippen LogP contribution >= 0.6 is 0 Å². The van der Waals surface area contributed by atoms with Crippen molar-refractivity contribution in [2.45, 2.75) is 13.0 Å². The number of nitro groups is 1. The van der Waals surface area contributed by atoms with Gasteiger partial charge in [0.05, 0.1) is 4.92 Å². The minimum Gasteiger partial charge on any atom is -0.393 e. The number of methoxy groups -OCH3 is 1. The molecule has 1 rings (SSSR count). The topological polar surface area (TPSA) is 81.6 Å². The first kappa shape index (κ1) is 14.4. The molecule has 18 heavy (non-hydrogen) atoms. The van der Waals surface area contributed by atoms with E-state index in [-0.39, 0.29) is 11.4 Å². The lowest BCUT2D eigenvalue weighted by Crippen LogP contribution is -2.21. The number of nitro benzene ring substituents is 1. The van der Waals surface area contributed by atoms with E-state index in [1.807, 2.05) is 13.1 Å². The van der Waals surface area contributed by atoms with E-state index in [9.17, 15) is 10.1 Å². The zero-order chi connectivity index (χ0) is 13.5. The van der Waals surface area contributed by atoms with E-state index >= 15 is 0 Å². The van der Waals surface area contributed by atoms with Crippen LogP contribution in [0.3, 0.4) is 0 Å². The first-order chi connectivity index (χ1) is 8.56. The van der Waals surface area contributed by atoms with Crippen molar-refractivity contribution in [3.05, 3.63) is 33.9 Å². The summed E-state index contributed by atoms with van der Waals surface area (Å²) in [6.45, 7) is 2.15. The fourth-order valence-corrected chi connectivity index (χ4v) is 1.75. The predicted molar refractivity (Wildman–Crippen MR) is 70.3 cm³/mol. The van der Waals surface area contributed by atoms with E-state index in [4.69, 9.17) is 10.5 Å². The third-order valence-electron chi connectivity index (χ3n) is 2.70. The van der Waals surface area contributed by atoms with E-state index in [0.29, 0.717) is 13.2 Å². The average molecular weight is 253 g/mol. The van der Waals surface area contributed by atoms with Crippen LogP contribution in [0.5, 0.6) is 0 Å². The molecule has 0 atom stereocenters. The summed E-state index contributed by atoms with van der Waals surface area (Å²) in [7, 11) is 3.62. The number of ether oxygens (including phenoxy) is 1. The van der Waals surface area contributed by atoms with Gasteiger partial charge in [-0.3, -0.25) is 10.1 Å². The minimum atomic E-state index is -0.455. The van der Waals surface area contributed by atoms with Crippen molar-refractivity contribution in [1.29, 1.82) is 0 Å². The van der Waals surface area contributed by atoms with Crippen molar-refractivity contribution in [2.75, 3.05) is 33.0 Å². The van der Waals surface area contributed by atoms with Crippen LogP contribution in [-0.2, 0) is 11.3 Å². The highest BCUT2D eigenvalue weighted by Gasteiger charge is 2.14. The molecule has 0 heterocycles. The van der Waals surface area contributed by atoms with Gasteiger partial charge in [-0.05, 0) is 19.0 Å². The van der Waals surface area contributed by atoms with Gasteiger partial charge in [0.1, 0.15) is 5.69 Å². The molecule has 0 aliphatic carbocycles. The van der Waals surface area contributed by atoms with Crippen molar-refractivity contribution in [3.63, 3.8) is 0 Å². The average Bonchev–Trinajstić information content (AvgIpc) is 2.32. The summed E-state index contributed by atoms with van der Waals surface area (Å²) in [5.74, 6) is 0. The summed E-state index contributed by atoms with van der Waals surface area (Å²) in [5.41, 5.74) is 6.80. The lowest BCUT2D eigenvalue weighted by Gasteiger charge is -2.17. The molecule has 2 N–H and O–H groups in total. The molecule has 1 aromatic carbocycles. The third-order valence-corrected chi connectivity index (χ3v) is 2.70. The molecule has 1 aromatic rings. The second-order valence-corrected chi connectivity index (χ2v) is 4.19. The molecule has 0 saturated carbocycles. The van der Waals surface area contributed by atoms with E-state index in [1.165, 1.54) is 6.07 Å². The molecule has 6 heteroatoms. The van der Waals surface area contributed by atoms with Crippen LogP contribution in [-0.4, -0.2) is 37.1 Å². The van der Waals surface area contributed by atoms with Crippen molar-refractivity contribution in [2.24, 2.45) is 0 Å². The Morgan fingerprint density at radius 1 is 1.50 bits per heavy atom. The number of benzene rings is 1. The summed E-state index contributed by atoms with van der Waals surface area (Å²) in [5, 5.41) is 10.8. The number of para-hydroxylation sites is 1. The Hall–Kier alpha value is -1.66. The molecule has 6 nitrogen and oxygen atoms in total. The molecular weight excluding hydrogens is 234 g/mol. The van der Waals surface area contributed by atoms with E-state index in [0.717, 1.165) is 18.5 Å². The second kappa shape index (κ2) is 6.93. The standard InChI is InChI=1S/C12H19N3O3/c1-14(7-4-8-18-2)9-10-5-3-6-11(12(10)13)15(16)17/h3,5-6H,4,7-9,13H2,1-2H3. The van der Waals surface area contributed by atoms with Crippen LogP contribution in [0.4, 0.5) is 11.4 Å². The number of rotatable bonds is 7. The van der Waals surface area contributed by atoms with Crippen LogP contribution in [0.25, 0.3) is 0 Å². The van der Waals surface area contributed by atoms with Gasteiger partial charge in [0.25, 0.3) is 5.69 Å². The van der Waals surface area contributed by atoms with Crippen molar-refractivity contribution in [3.8, 4) is 0 Å². The van der Waals surface area contributed by atoms with Crippen molar-refractivity contribution in [1.82, 2.24) is 4.90 Å². The molecule has 0 bridgehead atoms. The van der Waals surface area contributed by atoms with Crippen LogP contribution in [0.2, 0.25) is 0 Å². The Morgan fingerprint density at radius 3 is 2.83 bits per heavy atom. The molecule has 0 fully saturated rings. The summed E-state index contributed by atoms with van der Waals surface area (Å²) < 4.78 is 4.98. The molecular formula is C12H19N3O3. The normalized spacial score (nSPS) is 10.8.